The smallest absolute Gasteiger partial charge is 0.0665 e. The van der Waals surface area contributed by atoms with E-state index in [1.807, 2.05) is 0 Å². The summed E-state index contributed by atoms with van der Waals surface area (Å²) in [5, 5.41) is 18.1. The molecule has 7 atom stereocenters. The topological polar surface area (TPSA) is 48.9 Å². The largest absolute Gasteiger partial charge is 0.393 e. The number of fused-ring (bicyclic) bond motifs is 7. The number of nitrogens with one attached hydrogen (secondary N) is 1. The molecule has 24 heavy (non-hydrogen) atoms. The fourth-order valence-corrected chi connectivity index (χ4v) is 7.84. The Kier molecular flexibility index (Phi) is 3.13. The molecule has 3 heteroatoms. The molecule has 2 N–H and O–H groups in total. The van der Waals surface area contributed by atoms with Gasteiger partial charge in [0.1, 0.15) is 0 Å². The molecule has 4 aliphatic rings. The van der Waals surface area contributed by atoms with Gasteiger partial charge >= 0.3 is 0 Å². The van der Waals surface area contributed by atoms with Gasteiger partial charge < -0.3 is 5.11 Å². The number of aromatic amines is 1. The van der Waals surface area contributed by atoms with Gasteiger partial charge in [0.05, 0.1) is 11.8 Å². The normalized spacial score (nSPS) is 49.9. The molecule has 4 aliphatic carbocycles. The minimum atomic E-state index is -0.0347. The summed E-state index contributed by atoms with van der Waals surface area (Å²) in [6, 6.07) is 0. The van der Waals surface area contributed by atoms with Gasteiger partial charge in [-0.15, -0.1) is 0 Å². The lowest BCUT2D eigenvalue weighted by Gasteiger charge is -2.60. The van der Waals surface area contributed by atoms with Crippen LogP contribution in [0.25, 0.3) is 0 Å². The molecule has 0 saturated heterocycles. The van der Waals surface area contributed by atoms with E-state index in [1.165, 1.54) is 49.9 Å². The average molecular weight is 329 g/mol. The van der Waals surface area contributed by atoms with Crippen LogP contribution in [-0.4, -0.2) is 21.4 Å². The fraction of sp³-hybridized carbons (Fsp3) is 0.857. The van der Waals surface area contributed by atoms with Gasteiger partial charge in [-0.25, -0.2) is 0 Å². The van der Waals surface area contributed by atoms with Crippen LogP contribution in [0.4, 0.5) is 0 Å². The molecule has 1 heterocycles. The standard InChI is InChI=1S/C21H32N2O/c1-12-19-18(23-22-12)11-17-15-5-4-13-10-14(24)6-8-20(13,2)16(15)7-9-21(17,19)3/h13-17,24H,4-11H2,1-3H3,(H,22,23)/t13-,14?,15?,16?,17?,20+,21+/m1/s1. The van der Waals surface area contributed by atoms with Crippen molar-refractivity contribution in [2.24, 2.45) is 29.1 Å². The van der Waals surface area contributed by atoms with Gasteiger partial charge in [0, 0.05) is 11.3 Å². The SMILES string of the molecule is Cc1[nH]nc2c1[C@@]1(C)CCC3C(CC[C@@H]4CC(O)CC[C@]34C)C1C2. The maximum atomic E-state index is 10.2. The zero-order valence-corrected chi connectivity index (χ0v) is 15.4. The number of hydrogen-bond acceptors (Lipinski definition) is 2. The second kappa shape index (κ2) is 4.87. The minimum absolute atomic E-state index is 0.0347. The summed E-state index contributed by atoms with van der Waals surface area (Å²) in [5.74, 6) is 3.29. The van der Waals surface area contributed by atoms with Crippen molar-refractivity contribution >= 4 is 0 Å². The molecule has 0 aromatic carbocycles. The van der Waals surface area contributed by atoms with Crippen LogP contribution in [0.15, 0.2) is 0 Å². The van der Waals surface area contributed by atoms with Gasteiger partial charge in [-0.1, -0.05) is 13.8 Å². The lowest BCUT2D eigenvalue weighted by Crippen LogP contribution is -2.54. The molecule has 132 valence electrons. The monoisotopic (exact) mass is 328 g/mol. The number of hydrogen-bond donors (Lipinski definition) is 2. The third kappa shape index (κ3) is 1.80. The van der Waals surface area contributed by atoms with E-state index >= 15 is 0 Å². The van der Waals surface area contributed by atoms with Gasteiger partial charge in [-0.3, -0.25) is 5.10 Å². The number of aliphatic hydroxyl groups excluding tert-OH is 1. The molecule has 4 unspecified atom stereocenters. The Morgan fingerprint density at radius 1 is 1.08 bits per heavy atom. The molecular formula is C21H32N2O. The first-order valence-corrected chi connectivity index (χ1v) is 10.2. The van der Waals surface area contributed by atoms with Crippen molar-refractivity contribution in [3.8, 4) is 0 Å². The number of aliphatic hydroxyl groups is 1. The number of rotatable bonds is 0. The highest BCUT2D eigenvalue weighted by atomic mass is 16.3. The van der Waals surface area contributed by atoms with E-state index in [0.29, 0.717) is 10.8 Å². The first-order chi connectivity index (χ1) is 11.4. The maximum Gasteiger partial charge on any atom is 0.0665 e. The van der Waals surface area contributed by atoms with Crippen molar-refractivity contribution in [2.75, 3.05) is 0 Å². The summed E-state index contributed by atoms with van der Waals surface area (Å²) < 4.78 is 0. The Hall–Kier alpha value is -0.830. The zero-order valence-electron chi connectivity index (χ0n) is 15.4. The molecule has 1 aromatic rings. The van der Waals surface area contributed by atoms with Gasteiger partial charge in [0.2, 0.25) is 0 Å². The first kappa shape index (κ1) is 15.4. The summed E-state index contributed by atoms with van der Waals surface area (Å²) in [7, 11) is 0. The third-order valence-electron chi connectivity index (χ3n) is 9.03. The predicted octanol–water partition coefficient (Wildman–Crippen LogP) is 4.14. The molecule has 0 amide bonds. The van der Waals surface area contributed by atoms with Gasteiger partial charge in [0.15, 0.2) is 0 Å². The molecule has 0 bridgehead atoms. The summed E-state index contributed by atoms with van der Waals surface area (Å²) in [6.45, 7) is 7.32. The van der Waals surface area contributed by atoms with E-state index in [-0.39, 0.29) is 6.10 Å². The van der Waals surface area contributed by atoms with E-state index in [1.54, 1.807) is 5.56 Å². The van der Waals surface area contributed by atoms with Crippen molar-refractivity contribution in [1.29, 1.82) is 0 Å². The van der Waals surface area contributed by atoms with E-state index in [9.17, 15) is 5.11 Å². The quantitative estimate of drug-likeness (QED) is 0.752. The Morgan fingerprint density at radius 3 is 2.75 bits per heavy atom. The molecule has 0 radical (unpaired) electrons. The summed E-state index contributed by atoms with van der Waals surface area (Å²) >= 11 is 0. The molecule has 0 spiro atoms. The van der Waals surface area contributed by atoms with E-state index < -0.39 is 0 Å². The maximum absolute atomic E-state index is 10.2. The minimum Gasteiger partial charge on any atom is -0.393 e. The lowest BCUT2D eigenvalue weighted by molar-refractivity contribution is -0.111. The van der Waals surface area contributed by atoms with Crippen molar-refractivity contribution in [1.82, 2.24) is 10.2 Å². The van der Waals surface area contributed by atoms with Crippen LogP contribution in [0.2, 0.25) is 0 Å². The molecular weight excluding hydrogens is 296 g/mol. The first-order valence-electron chi connectivity index (χ1n) is 10.2. The molecule has 0 aliphatic heterocycles. The van der Waals surface area contributed by atoms with E-state index in [0.717, 1.165) is 36.5 Å². The summed E-state index contributed by atoms with van der Waals surface area (Å²) in [6.07, 6.45) is 9.92. The molecule has 5 rings (SSSR count). The Morgan fingerprint density at radius 2 is 1.92 bits per heavy atom. The van der Waals surface area contributed by atoms with Crippen LogP contribution in [0.5, 0.6) is 0 Å². The van der Waals surface area contributed by atoms with Crippen LogP contribution in [-0.2, 0) is 11.8 Å². The Bertz CT molecular complexity index is 667. The highest BCUT2D eigenvalue weighted by Gasteiger charge is 2.59. The van der Waals surface area contributed by atoms with Crippen LogP contribution < -0.4 is 0 Å². The van der Waals surface area contributed by atoms with Gasteiger partial charge in [-0.05, 0) is 92.8 Å². The number of H-pyrrole nitrogens is 1. The highest BCUT2D eigenvalue weighted by molar-refractivity contribution is 5.40. The zero-order chi connectivity index (χ0) is 16.7. The van der Waals surface area contributed by atoms with Crippen molar-refractivity contribution in [2.45, 2.75) is 83.7 Å². The summed E-state index contributed by atoms with van der Waals surface area (Å²) in [5.41, 5.74) is 5.08. The van der Waals surface area contributed by atoms with Crippen LogP contribution in [0.3, 0.4) is 0 Å². The highest BCUT2D eigenvalue weighted by Crippen LogP contribution is 2.65. The van der Waals surface area contributed by atoms with Gasteiger partial charge in [-0.2, -0.15) is 5.10 Å². The van der Waals surface area contributed by atoms with Gasteiger partial charge in [0.25, 0.3) is 0 Å². The molecule has 1 aromatic heterocycles. The second-order valence-corrected chi connectivity index (χ2v) is 9.92. The molecule has 3 nitrogen and oxygen atoms in total. The number of aryl methyl sites for hydroxylation is 1. The third-order valence-corrected chi connectivity index (χ3v) is 9.03. The number of aromatic nitrogens is 2. The summed E-state index contributed by atoms with van der Waals surface area (Å²) in [4.78, 5) is 0. The predicted molar refractivity (Wildman–Crippen MR) is 94.8 cm³/mol. The van der Waals surface area contributed by atoms with Crippen molar-refractivity contribution in [3.05, 3.63) is 17.0 Å². The Labute approximate surface area is 145 Å². The molecule has 3 fully saturated rings. The Balaban J connectivity index is 1.50. The van der Waals surface area contributed by atoms with Crippen molar-refractivity contribution in [3.63, 3.8) is 0 Å². The lowest BCUT2D eigenvalue weighted by atomic mass is 9.45. The average Bonchev–Trinajstić information content (AvgIpc) is 3.06. The van der Waals surface area contributed by atoms with E-state index in [2.05, 4.69) is 31.0 Å². The van der Waals surface area contributed by atoms with Crippen LogP contribution >= 0.6 is 0 Å². The fourth-order valence-electron chi connectivity index (χ4n) is 7.84. The van der Waals surface area contributed by atoms with E-state index in [4.69, 9.17) is 0 Å². The van der Waals surface area contributed by atoms with Crippen molar-refractivity contribution < 1.29 is 5.11 Å². The van der Waals surface area contributed by atoms with Crippen LogP contribution in [0, 0.1) is 36.0 Å². The molecule has 3 saturated carbocycles. The number of nitrogens with zero attached hydrogens (tertiary/aromatic N) is 1. The van der Waals surface area contributed by atoms with Crippen LogP contribution in [0.1, 0.15) is 75.7 Å². The second-order valence-electron chi connectivity index (χ2n) is 9.92.